The average molecular weight is 309 g/mol. The highest BCUT2D eigenvalue weighted by atomic mass is 16.5. The molecule has 3 N–H and O–H groups in total. The third-order valence-electron chi connectivity index (χ3n) is 6.04. The average Bonchev–Trinajstić information content (AvgIpc) is 3.10. The lowest BCUT2D eigenvalue weighted by molar-refractivity contribution is -0.128. The molecule has 3 aliphatic rings. The van der Waals surface area contributed by atoms with Gasteiger partial charge in [0.2, 0.25) is 5.91 Å². The van der Waals surface area contributed by atoms with Gasteiger partial charge in [-0.2, -0.15) is 0 Å². The number of amides is 1. The Kier molecular flexibility index (Phi) is 5.37. The predicted molar refractivity (Wildman–Crippen MR) is 86.4 cm³/mol. The van der Waals surface area contributed by atoms with E-state index in [0.29, 0.717) is 17.9 Å². The zero-order valence-electron chi connectivity index (χ0n) is 13.8. The van der Waals surface area contributed by atoms with Gasteiger partial charge in [-0.25, -0.2) is 0 Å². The highest BCUT2D eigenvalue weighted by molar-refractivity contribution is 5.80. The molecule has 126 valence electrons. The number of carbonyl (C=O) groups excluding carboxylic acids is 1. The summed E-state index contributed by atoms with van der Waals surface area (Å²) in [7, 11) is 1.75. The third-order valence-corrected chi connectivity index (χ3v) is 6.04. The Labute approximate surface area is 133 Å². The van der Waals surface area contributed by atoms with Gasteiger partial charge in [0.25, 0.3) is 0 Å². The van der Waals surface area contributed by atoms with E-state index >= 15 is 0 Å². The highest BCUT2D eigenvalue weighted by Gasteiger charge is 2.49. The number of hydrogen-bond acceptors (Lipinski definition) is 4. The van der Waals surface area contributed by atoms with E-state index in [0.717, 1.165) is 45.5 Å². The summed E-state index contributed by atoms with van der Waals surface area (Å²) in [5.74, 6) is 1.47. The van der Waals surface area contributed by atoms with Crippen LogP contribution in [0.15, 0.2) is 0 Å². The molecule has 0 aromatic rings. The number of nitrogens with two attached hydrogens (primary N) is 1. The van der Waals surface area contributed by atoms with Crippen molar-refractivity contribution in [3.8, 4) is 0 Å². The van der Waals surface area contributed by atoms with E-state index in [4.69, 9.17) is 10.5 Å². The Morgan fingerprint density at radius 3 is 2.59 bits per heavy atom. The van der Waals surface area contributed by atoms with Gasteiger partial charge >= 0.3 is 0 Å². The second-order valence-electron chi connectivity index (χ2n) is 7.41. The molecule has 1 amide bonds. The first-order valence-corrected chi connectivity index (χ1v) is 8.96. The number of piperidine rings is 1. The van der Waals surface area contributed by atoms with E-state index in [1.165, 1.54) is 19.3 Å². The largest absolute Gasteiger partial charge is 0.385 e. The minimum absolute atomic E-state index is 0.0819. The van der Waals surface area contributed by atoms with Crippen molar-refractivity contribution in [2.45, 2.75) is 50.6 Å². The van der Waals surface area contributed by atoms with Crippen LogP contribution in [0.3, 0.4) is 0 Å². The first-order chi connectivity index (χ1) is 10.7. The Morgan fingerprint density at radius 2 is 1.95 bits per heavy atom. The number of nitrogens with one attached hydrogen (secondary N) is 1. The Bertz CT molecular complexity index is 380. The van der Waals surface area contributed by atoms with Crippen LogP contribution < -0.4 is 11.1 Å². The molecule has 0 spiro atoms. The monoisotopic (exact) mass is 309 g/mol. The van der Waals surface area contributed by atoms with Gasteiger partial charge in [0.05, 0.1) is 5.92 Å². The first kappa shape index (κ1) is 16.2. The van der Waals surface area contributed by atoms with Gasteiger partial charge < -0.3 is 20.7 Å². The molecule has 1 heterocycles. The van der Waals surface area contributed by atoms with Crippen LogP contribution in [-0.2, 0) is 9.53 Å². The molecular formula is C17H31N3O2. The van der Waals surface area contributed by atoms with Crippen LogP contribution in [0.1, 0.15) is 38.5 Å². The molecule has 22 heavy (non-hydrogen) atoms. The van der Waals surface area contributed by atoms with Crippen molar-refractivity contribution in [1.29, 1.82) is 0 Å². The second kappa shape index (κ2) is 7.28. The smallest absolute Gasteiger partial charge is 0.225 e. The maximum atomic E-state index is 12.6. The lowest BCUT2D eigenvalue weighted by atomic mass is 9.84. The van der Waals surface area contributed by atoms with Crippen molar-refractivity contribution in [2.75, 3.05) is 33.4 Å². The second-order valence-corrected chi connectivity index (χ2v) is 7.41. The molecule has 2 bridgehead atoms. The van der Waals surface area contributed by atoms with E-state index in [9.17, 15) is 4.79 Å². The summed E-state index contributed by atoms with van der Waals surface area (Å²) in [6, 6.07) is 0.449. The van der Waals surface area contributed by atoms with Crippen molar-refractivity contribution in [3.63, 3.8) is 0 Å². The highest BCUT2D eigenvalue weighted by Crippen LogP contribution is 2.47. The van der Waals surface area contributed by atoms with E-state index in [1.54, 1.807) is 7.11 Å². The standard InChI is InChI=1S/C17H31N3O2/c1-22-10-2-7-20-8-5-14(6-9-20)19-17(21)15-12-3-4-13(11-12)16(15)18/h12-16H,2-11,18H2,1H3,(H,19,21). The fraction of sp³-hybridized carbons (Fsp3) is 0.941. The zero-order valence-corrected chi connectivity index (χ0v) is 13.8. The number of nitrogens with zero attached hydrogens (tertiary/aromatic N) is 1. The molecule has 4 unspecified atom stereocenters. The summed E-state index contributed by atoms with van der Waals surface area (Å²) in [5.41, 5.74) is 6.28. The number of ether oxygens (including phenoxy) is 1. The number of rotatable bonds is 6. The molecule has 3 rings (SSSR count). The first-order valence-electron chi connectivity index (χ1n) is 8.96. The normalized spacial score (nSPS) is 35.9. The van der Waals surface area contributed by atoms with Crippen molar-refractivity contribution < 1.29 is 9.53 Å². The van der Waals surface area contributed by atoms with E-state index in [2.05, 4.69) is 10.2 Å². The van der Waals surface area contributed by atoms with E-state index in [1.807, 2.05) is 0 Å². The van der Waals surface area contributed by atoms with Gasteiger partial charge in [-0.3, -0.25) is 4.79 Å². The van der Waals surface area contributed by atoms with Crippen LogP contribution in [0.4, 0.5) is 0 Å². The van der Waals surface area contributed by atoms with Crippen molar-refractivity contribution in [1.82, 2.24) is 10.2 Å². The summed E-state index contributed by atoms with van der Waals surface area (Å²) in [5, 5.41) is 3.29. The molecule has 2 saturated carbocycles. The van der Waals surface area contributed by atoms with Crippen LogP contribution in [-0.4, -0.2) is 56.2 Å². The van der Waals surface area contributed by atoms with Gasteiger partial charge in [0.15, 0.2) is 0 Å². The fourth-order valence-electron chi connectivity index (χ4n) is 4.76. The number of fused-ring (bicyclic) bond motifs is 2. The summed E-state index contributed by atoms with van der Waals surface area (Å²) < 4.78 is 5.10. The Morgan fingerprint density at radius 1 is 1.23 bits per heavy atom. The molecule has 0 radical (unpaired) electrons. The minimum Gasteiger partial charge on any atom is -0.385 e. The van der Waals surface area contributed by atoms with Gasteiger partial charge in [0.1, 0.15) is 0 Å². The predicted octanol–water partition coefficient (Wildman–Crippen LogP) is 0.977. The molecular weight excluding hydrogens is 278 g/mol. The summed E-state index contributed by atoms with van der Waals surface area (Å²) >= 11 is 0. The van der Waals surface area contributed by atoms with Crippen LogP contribution >= 0.6 is 0 Å². The van der Waals surface area contributed by atoms with Gasteiger partial charge in [-0.1, -0.05) is 0 Å². The molecule has 0 aromatic heterocycles. The number of likely N-dealkylation sites (tertiary alicyclic amines) is 1. The van der Waals surface area contributed by atoms with Crippen LogP contribution in [0.5, 0.6) is 0 Å². The Balaban J connectivity index is 1.40. The molecule has 5 nitrogen and oxygen atoms in total. The molecule has 4 atom stereocenters. The molecule has 1 saturated heterocycles. The summed E-state index contributed by atoms with van der Waals surface area (Å²) in [4.78, 5) is 15.1. The van der Waals surface area contributed by atoms with Crippen LogP contribution in [0.25, 0.3) is 0 Å². The topological polar surface area (TPSA) is 67.6 Å². The van der Waals surface area contributed by atoms with Gasteiger partial charge in [-0.15, -0.1) is 0 Å². The minimum atomic E-state index is 0.0819. The Hall–Kier alpha value is -0.650. The molecule has 1 aliphatic heterocycles. The van der Waals surface area contributed by atoms with Crippen molar-refractivity contribution in [3.05, 3.63) is 0 Å². The van der Waals surface area contributed by atoms with Crippen LogP contribution in [0, 0.1) is 17.8 Å². The SMILES string of the molecule is COCCCN1CCC(NC(=O)C2C3CCC(C3)C2N)CC1. The fourth-order valence-corrected chi connectivity index (χ4v) is 4.76. The van der Waals surface area contributed by atoms with Crippen molar-refractivity contribution >= 4 is 5.91 Å². The van der Waals surface area contributed by atoms with Crippen molar-refractivity contribution in [2.24, 2.45) is 23.5 Å². The number of methoxy groups -OCH3 is 1. The maximum Gasteiger partial charge on any atom is 0.225 e. The van der Waals surface area contributed by atoms with Gasteiger partial charge in [-0.05, 0) is 50.4 Å². The molecule has 0 aromatic carbocycles. The number of hydrogen-bond donors (Lipinski definition) is 2. The van der Waals surface area contributed by atoms with E-state index < -0.39 is 0 Å². The number of carbonyl (C=O) groups is 1. The molecule has 5 heteroatoms. The molecule has 2 aliphatic carbocycles. The lowest BCUT2D eigenvalue weighted by Crippen LogP contribution is -2.51. The van der Waals surface area contributed by atoms with Crippen LogP contribution in [0.2, 0.25) is 0 Å². The molecule has 3 fully saturated rings. The third kappa shape index (κ3) is 3.47. The maximum absolute atomic E-state index is 12.6. The quantitative estimate of drug-likeness (QED) is 0.718. The lowest BCUT2D eigenvalue weighted by Gasteiger charge is -2.34. The zero-order chi connectivity index (χ0) is 15.5. The van der Waals surface area contributed by atoms with E-state index in [-0.39, 0.29) is 17.9 Å². The van der Waals surface area contributed by atoms with Gasteiger partial charge in [0, 0.05) is 45.4 Å². The summed E-state index contributed by atoms with van der Waals surface area (Å²) in [6.07, 6.45) is 6.83. The summed E-state index contributed by atoms with van der Waals surface area (Å²) in [6.45, 7) is 4.10.